The molecule has 0 saturated carbocycles. The first kappa shape index (κ1) is 37.8. The molecule has 0 radical (unpaired) electrons. The van der Waals surface area contributed by atoms with Crippen LogP contribution in [0, 0.1) is 0 Å². The molecule has 0 unspecified atom stereocenters. The number of aliphatic hydroxyl groups excluding tert-OH is 2. The van der Waals surface area contributed by atoms with Crippen molar-refractivity contribution < 1.29 is 90.9 Å². The van der Waals surface area contributed by atoms with Gasteiger partial charge in [-0.05, 0) is 0 Å². The van der Waals surface area contributed by atoms with Crippen LogP contribution >= 0.6 is 0 Å². The maximum Gasteiger partial charge on any atom is 0.377 e. The van der Waals surface area contributed by atoms with Gasteiger partial charge in [0.2, 0.25) is 12.0 Å². The molecule has 0 amide bonds. The van der Waals surface area contributed by atoms with E-state index in [1.807, 2.05) is 0 Å². The number of methoxy groups -OCH3 is 9. The van der Waals surface area contributed by atoms with Gasteiger partial charge in [-0.25, -0.2) is 14.4 Å². The highest BCUT2D eigenvalue weighted by molar-refractivity contribution is 5.87. The monoisotopic (exact) mass is 670 g/mol. The number of rotatable bonds is 13. The summed E-state index contributed by atoms with van der Waals surface area (Å²) in [5.74, 6) is -4.14. The maximum atomic E-state index is 13.2. The van der Waals surface area contributed by atoms with Crippen molar-refractivity contribution in [3.63, 3.8) is 0 Å². The van der Waals surface area contributed by atoms with Gasteiger partial charge >= 0.3 is 17.9 Å². The Kier molecular flexibility index (Phi) is 13.9. The molecular weight excluding hydrogens is 628 g/mol. The Morgan fingerprint density at radius 3 is 1.50 bits per heavy atom. The van der Waals surface area contributed by atoms with Crippen LogP contribution in [0.4, 0.5) is 0 Å². The number of ether oxygens (including phenoxy) is 14. The topological polar surface area (TPSA) is 221 Å². The maximum absolute atomic E-state index is 13.2. The number of hydrogen-bond donors (Lipinski definition) is 2. The number of carbonyl (C=O) groups is 3. The smallest absolute Gasteiger partial charge is 0.377 e. The highest BCUT2D eigenvalue weighted by Gasteiger charge is 2.58. The Labute approximate surface area is 264 Å². The predicted molar refractivity (Wildman–Crippen MR) is 145 cm³/mol. The third kappa shape index (κ3) is 7.39. The number of aliphatic hydroxyl groups is 2. The molecule has 19 nitrogen and oxygen atoms in total. The quantitative estimate of drug-likeness (QED) is 0.159. The summed E-state index contributed by atoms with van der Waals surface area (Å²) in [7, 11) is 11.0. The minimum atomic E-state index is -1.62. The summed E-state index contributed by atoms with van der Waals surface area (Å²) in [6.07, 6.45) is -17.6. The second-order valence-electron chi connectivity index (χ2n) is 9.97. The third-order valence-corrected chi connectivity index (χ3v) is 7.75. The highest BCUT2D eigenvalue weighted by Crippen LogP contribution is 2.36. The molecular formula is C27H42O19. The molecule has 3 aliphatic rings. The van der Waals surface area contributed by atoms with Gasteiger partial charge in [-0.2, -0.15) is 0 Å². The standard InChI is InChI=1S/C27H42O19/c1-33-11-10(28)12(22(29)39-7)43-26(20(11)37-5)45-16-14(35-3)21(38-6)27(46-19(16)24(31)41-9)44-15-13(34-2)17(36-4)25(32)42-18(15)23(30)40-8/h11,13-21,25-28,32H,1-9H3/t11-,13-,14-,15+,16+,17+,18-,19-,20+,21+,25-,26+,27-/m0/s1. The van der Waals surface area contributed by atoms with Crippen molar-refractivity contribution in [1.82, 2.24) is 0 Å². The van der Waals surface area contributed by atoms with Crippen LogP contribution in [0.25, 0.3) is 0 Å². The summed E-state index contributed by atoms with van der Waals surface area (Å²) in [6, 6.07) is 0. The SMILES string of the molecule is COC(=O)C1=C(O)[C@H](OC)[C@@H](OC)[C@@H](O[C@@H]2[C@H](OC)[C@@H](OC)[C@@H](O[C@@H]3[C@H](OC)[C@@H](OC)[C@@H](O)O[C@@H]3C(=O)OC)O[C@@H]2C(=O)OC)O1. The van der Waals surface area contributed by atoms with Crippen LogP contribution in [0.2, 0.25) is 0 Å². The fraction of sp³-hybridized carbons (Fsp3) is 0.815. The zero-order valence-electron chi connectivity index (χ0n) is 26.8. The normalized spacial score (nSPS) is 38.1. The molecule has 3 rings (SSSR count). The van der Waals surface area contributed by atoms with Gasteiger partial charge in [-0.3, -0.25) is 0 Å². The van der Waals surface area contributed by atoms with Crippen LogP contribution < -0.4 is 0 Å². The van der Waals surface area contributed by atoms with Crippen LogP contribution in [0.3, 0.4) is 0 Å². The van der Waals surface area contributed by atoms with E-state index in [1.165, 1.54) is 42.7 Å². The third-order valence-electron chi connectivity index (χ3n) is 7.75. The Hall–Kier alpha value is -2.69. The molecule has 0 aromatic heterocycles. The fourth-order valence-corrected chi connectivity index (χ4v) is 5.50. The Balaban J connectivity index is 2.02. The molecule has 0 bridgehead atoms. The van der Waals surface area contributed by atoms with E-state index in [0.717, 1.165) is 21.3 Å². The second kappa shape index (κ2) is 16.9. The van der Waals surface area contributed by atoms with Crippen molar-refractivity contribution in [1.29, 1.82) is 0 Å². The summed E-state index contributed by atoms with van der Waals surface area (Å²) in [4.78, 5) is 38.3. The molecule has 0 spiro atoms. The molecule has 46 heavy (non-hydrogen) atoms. The number of esters is 3. The second-order valence-corrected chi connectivity index (χ2v) is 9.97. The van der Waals surface area contributed by atoms with E-state index in [0.29, 0.717) is 0 Å². The van der Waals surface area contributed by atoms with Gasteiger partial charge in [0.05, 0.1) is 21.3 Å². The first-order valence-electron chi connectivity index (χ1n) is 13.8. The molecule has 3 heterocycles. The Bertz CT molecular complexity index is 1070. The van der Waals surface area contributed by atoms with E-state index >= 15 is 0 Å². The largest absolute Gasteiger partial charge is 0.506 e. The molecule has 2 N–H and O–H groups in total. The van der Waals surface area contributed by atoms with Crippen molar-refractivity contribution in [2.75, 3.05) is 64.0 Å². The Morgan fingerprint density at radius 1 is 0.565 bits per heavy atom. The number of hydrogen-bond acceptors (Lipinski definition) is 19. The summed E-state index contributed by atoms with van der Waals surface area (Å²) < 4.78 is 77.1. The van der Waals surface area contributed by atoms with Gasteiger partial charge < -0.3 is 76.5 Å². The molecule has 3 aliphatic heterocycles. The van der Waals surface area contributed by atoms with Crippen molar-refractivity contribution in [3.05, 3.63) is 11.5 Å². The van der Waals surface area contributed by atoms with Crippen LogP contribution in [0.5, 0.6) is 0 Å². The lowest BCUT2D eigenvalue weighted by Crippen LogP contribution is -2.67. The molecule has 0 aliphatic carbocycles. The Morgan fingerprint density at radius 2 is 1.04 bits per heavy atom. The fourth-order valence-electron chi connectivity index (χ4n) is 5.50. The van der Waals surface area contributed by atoms with E-state index < -0.39 is 109 Å². The van der Waals surface area contributed by atoms with Crippen LogP contribution in [0.1, 0.15) is 0 Å². The summed E-state index contributed by atoms with van der Waals surface area (Å²) in [5, 5.41) is 21.1. The summed E-state index contributed by atoms with van der Waals surface area (Å²) in [5.41, 5.74) is 0. The average molecular weight is 671 g/mol. The van der Waals surface area contributed by atoms with Gasteiger partial charge in [0.15, 0.2) is 42.8 Å². The minimum absolute atomic E-state index is 0.612. The first-order chi connectivity index (χ1) is 22.0. The molecule has 19 heteroatoms. The molecule has 0 aromatic rings. The molecule has 13 atom stereocenters. The number of carbonyl (C=O) groups excluding carboxylic acids is 3. The van der Waals surface area contributed by atoms with E-state index in [4.69, 9.17) is 66.3 Å². The van der Waals surface area contributed by atoms with E-state index in [2.05, 4.69) is 0 Å². The van der Waals surface area contributed by atoms with E-state index in [-0.39, 0.29) is 0 Å². The van der Waals surface area contributed by atoms with Gasteiger partial charge in [0.25, 0.3) is 0 Å². The van der Waals surface area contributed by atoms with Crippen molar-refractivity contribution in [2.45, 2.75) is 79.9 Å². The predicted octanol–water partition coefficient (Wildman–Crippen LogP) is -2.07. The lowest BCUT2D eigenvalue weighted by atomic mass is 9.95. The van der Waals surface area contributed by atoms with Crippen molar-refractivity contribution in [2.24, 2.45) is 0 Å². The van der Waals surface area contributed by atoms with Crippen molar-refractivity contribution >= 4 is 17.9 Å². The van der Waals surface area contributed by atoms with Crippen molar-refractivity contribution in [3.8, 4) is 0 Å². The van der Waals surface area contributed by atoms with Gasteiger partial charge in [-0.1, -0.05) is 0 Å². The first-order valence-corrected chi connectivity index (χ1v) is 13.8. The molecule has 2 fully saturated rings. The molecule has 2 saturated heterocycles. The summed E-state index contributed by atoms with van der Waals surface area (Å²) in [6.45, 7) is 0. The summed E-state index contributed by atoms with van der Waals surface area (Å²) >= 11 is 0. The van der Waals surface area contributed by atoms with Crippen LogP contribution in [-0.4, -0.2) is 172 Å². The minimum Gasteiger partial charge on any atom is -0.506 e. The average Bonchev–Trinajstić information content (AvgIpc) is 3.07. The van der Waals surface area contributed by atoms with E-state index in [1.54, 1.807) is 0 Å². The van der Waals surface area contributed by atoms with Gasteiger partial charge in [0, 0.05) is 42.7 Å². The molecule has 0 aromatic carbocycles. The lowest BCUT2D eigenvalue weighted by Gasteiger charge is -2.48. The van der Waals surface area contributed by atoms with Crippen LogP contribution in [-0.2, 0) is 80.7 Å². The zero-order valence-corrected chi connectivity index (χ0v) is 26.8. The zero-order chi connectivity index (χ0) is 34.3. The van der Waals surface area contributed by atoms with E-state index in [9.17, 15) is 24.6 Å². The van der Waals surface area contributed by atoms with Gasteiger partial charge in [-0.15, -0.1) is 0 Å². The highest BCUT2D eigenvalue weighted by atomic mass is 16.8. The lowest BCUT2D eigenvalue weighted by molar-refractivity contribution is -0.366. The molecule has 264 valence electrons. The van der Waals surface area contributed by atoms with Crippen LogP contribution in [0.15, 0.2) is 11.5 Å². The van der Waals surface area contributed by atoms with Gasteiger partial charge in [0.1, 0.15) is 36.6 Å².